The van der Waals surface area contributed by atoms with E-state index >= 15 is 0 Å². The number of nitrogens with one attached hydrogen (secondary N) is 2. The van der Waals surface area contributed by atoms with Gasteiger partial charge in [0.2, 0.25) is 5.91 Å². The summed E-state index contributed by atoms with van der Waals surface area (Å²) >= 11 is 0. The van der Waals surface area contributed by atoms with Crippen molar-refractivity contribution in [3.63, 3.8) is 0 Å². The molecule has 138 valence electrons. The summed E-state index contributed by atoms with van der Waals surface area (Å²) < 4.78 is 0. The number of benzene rings is 1. The number of carbonyl (C=O) groups is 2. The number of carbonyl (C=O) groups excluding carboxylic acids is 2. The van der Waals surface area contributed by atoms with Gasteiger partial charge in [0.05, 0.1) is 0 Å². The van der Waals surface area contributed by atoms with Crippen molar-refractivity contribution in [2.75, 3.05) is 37.6 Å². The van der Waals surface area contributed by atoms with Crippen LogP contribution in [-0.4, -0.2) is 55.6 Å². The Kier molecular flexibility index (Phi) is 6.67. The lowest BCUT2D eigenvalue weighted by Gasteiger charge is -2.37. The van der Waals surface area contributed by atoms with Crippen LogP contribution in [0.15, 0.2) is 18.2 Å². The van der Waals surface area contributed by atoms with E-state index in [0.717, 1.165) is 19.5 Å². The first-order valence-electron chi connectivity index (χ1n) is 9.08. The molecule has 1 atom stereocenters. The van der Waals surface area contributed by atoms with Gasteiger partial charge in [0.25, 0.3) is 0 Å². The van der Waals surface area contributed by atoms with Gasteiger partial charge in [0, 0.05) is 38.4 Å². The molecule has 1 aliphatic heterocycles. The van der Waals surface area contributed by atoms with E-state index < -0.39 is 6.04 Å². The molecule has 2 N–H and O–H groups in total. The third-order valence-electron chi connectivity index (χ3n) is 4.77. The van der Waals surface area contributed by atoms with E-state index in [1.54, 1.807) is 11.8 Å². The molecule has 0 bridgehead atoms. The van der Waals surface area contributed by atoms with Crippen molar-refractivity contribution in [2.45, 2.75) is 40.2 Å². The first-order chi connectivity index (χ1) is 11.9. The van der Waals surface area contributed by atoms with E-state index in [2.05, 4.69) is 47.6 Å². The van der Waals surface area contributed by atoms with Gasteiger partial charge >= 0.3 is 6.03 Å². The summed E-state index contributed by atoms with van der Waals surface area (Å²) in [6, 6.07) is 5.65. The molecule has 1 fully saturated rings. The normalized spacial score (nSPS) is 15.7. The molecule has 25 heavy (non-hydrogen) atoms. The van der Waals surface area contributed by atoms with Gasteiger partial charge in [-0.3, -0.25) is 4.79 Å². The largest absolute Gasteiger partial charge is 0.368 e. The molecule has 6 nitrogen and oxygen atoms in total. The summed E-state index contributed by atoms with van der Waals surface area (Å²) in [7, 11) is 0. The highest BCUT2D eigenvalue weighted by molar-refractivity contribution is 5.86. The summed E-state index contributed by atoms with van der Waals surface area (Å²) in [6.07, 6.45) is 0.882. The zero-order valence-corrected chi connectivity index (χ0v) is 15.8. The number of hydrogen-bond donors (Lipinski definition) is 2. The standard InChI is InChI=1S/C19H30N4O2/c1-5-9-20-18(24)16(4)21-19(25)23-12-10-22(11-13-23)17-8-6-7-14(2)15(17)3/h6-8,16H,5,9-13H2,1-4H3,(H,20,24)(H,21,25)/t16-/m0/s1. The van der Waals surface area contributed by atoms with Gasteiger partial charge < -0.3 is 20.4 Å². The Labute approximate surface area is 150 Å². The predicted octanol–water partition coefficient (Wildman–Crippen LogP) is 2.05. The maximum Gasteiger partial charge on any atom is 0.318 e. The fourth-order valence-corrected chi connectivity index (χ4v) is 2.97. The molecule has 1 aromatic carbocycles. The van der Waals surface area contributed by atoms with Gasteiger partial charge in [0.1, 0.15) is 6.04 Å². The smallest absolute Gasteiger partial charge is 0.318 e. The van der Waals surface area contributed by atoms with Crippen LogP contribution in [0.3, 0.4) is 0 Å². The summed E-state index contributed by atoms with van der Waals surface area (Å²) in [6.45, 7) is 11.5. The monoisotopic (exact) mass is 346 g/mol. The zero-order valence-electron chi connectivity index (χ0n) is 15.8. The van der Waals surface area contributed by atoms with Crippen LogP contribution in [-0.2, 0) is 4.79 Å². The van der Waals surface area contributed by atoms with Crippen LogP contribution in [0.4, 0.5) is 10.5 Å². The molecule has 1 heterocycles. The predicted molar refractivity (Wildman–Crippen MR) is 101 cm³/mol. The third kappa shape index (κ3) is 4.87. The molecule has 1 aliphatic rings. The number of rotatable bonds is 5. The summed E-state index contributed by atoms with van der Waals surface area (Å²) in [5, 5.41) is 5.59. The molecular weight excluding hydrogens is 316 g/mol. The molecule has 0 radical (unpaired) electrons. The van der Waals surface area contributed by atoms with Crippen LogP contribution in [0, 0.1) is 13.8 Å². The van der Waals surface area contributed by atoms with E-state index in [1.165, 1.54) is 16.8 Å². The van der Waals surface area contributed by atoms with Crippen LogP contribution in [0.5, 0.6) is 0 Å². The highest BCUT2D eigenvalue weighted by Gasteiger charge is 2.24. The Morgan fingerprint density at radius 3 is 2.48 bits per heavy atom. The maximum absolute atomic E-state index is 12.4. The summed E-state index contributed by atoms with van der Waals surface area (Å²) in [4.78, 5) is 28.3. The summed E-state index contributed by atoms with van der Waals surface area (Å²) in [5.74, 6) is -0.135. The minimum Gasteiger partial charge on any atom is -0.368 e. The second kappa shape index (κ2) is 8.74. The SMILES string of the molecule is CCCNC(=O)[C@H](C)NC(=O)N1CCN(c2cccc(C)c2C)CC1. The van der Waals surface area contributed by atoms with E-state index in [0.29, 0.717) is 19.6 Å². The van der Waals surface area contributed by atoms with E-state index in [9.17, 15) is 9.59 Å². The molecule has 0 aromatic heterocycles. The van der Waals surface area contributed by atoms with Crippen LogP contribution in [0.1, 0.15) is 31.4 Å². The van der Waals surface area contributed by atoms with E-state index in [1.807, 2.05) is 6.92 Å². The first-order valence-corrected chi connectivity index (χ1v) is 9.08. The molecule has 0 spiro atoms. The maximum atomic E-state index is 12.4. The molecule has 0 unspecified atom stereocenters. The van der Waals surface area contributed by atoms with Crippen LogP contribution >= 0.6 is 0 Å². The highest BCUT2D eigenvalue weighted by Crippen LogP contribution is 2.23. The topological polar surface area (TPSA) is 64.7 Å². The zero-order chi connectivity index (χ0) is 18.4. The number of amides is 3. The summed E-state index contributed by atoms with van der Waals surface area (Å²) in [5.41, 5.74) is 3.82. The van der Waals surface area contributed by atoms with Crippen molar-refractivity contribution in [1.82, 2.24) is 15.5 Å². The van der Waals surface area contributed by atoms with Gasteiger partial charge in [-0.2, -0.15) is 0 Å². The van der Waals surface area contributed by atoms with Gasteiger partial charge in [0.15, 0.2) is 0 Å². The van der Waals surface area contributed by atoms with Gasteiger partial charge in [-0.1, -0.05) is 19.1 Å². The quantitative estimate of drug-likeness (QED) is 0.858. The number of piperazine rings is 1. The first kappa shape index (κ1) is 19.1. The van der Waals surface area contributed by atoms with Crippen molar-refractivity contribution in [1.29, 1.82) is 0 Å². The molecule has 0 saturated carbocycles. The van der Waals surface area contributed by atoms with Gasteiger partial charge in [-0.25, -0.2) is 4.79 Å². The Morgan fingerprint density at radius 1 is 1.16 bits per heavy atom. The van der Waals surface area contributed by atoms with E-state index in [4.69, 9.17) is 0 Å². The highest BCUT2D eigenvalue weighted by atomic mass is 16.2. The Bertz CT molecular complexity index is 609. The molecule has 6 heteroatoms. The number of urea groups is 1. The number of hydrogen-bond acceptors (Lipinski definition) is 3. The second-order valence-corrected chi connectivity index (χ2v) is 6.66. The number of aryl methyl sites for hydroxylation is 1. The van der Waals surface area contributed by atoms with Crippen molar-refractivity contribution in [3.05, 3.63) is 29.3 Å². The molecule has 3 amide bonds. The minimum absolute atomic E-state index is 0.135. The molecule has 1 aromatic rings. The van der Waals surface area contributed by atoms with Crippen molar-refractivity contribution in [2.24, 2.45) is 0 Å². The molecule has 1 saturated heterocycles. The fourth-order valence-electron chi connectivity index (χ4n) is 2.97. The van der Waals surface area contributed by atoms with Crippen molar-refractivity contribution in [3.8, 4) is 0 Å². The van der Waals surface area contributed by atoms with Gasteiger partial charge in [-0.05, 0) is 44.4 Å². The second-order valence-electron chi connectivity index (χ2n) is 6.66. The number of anilines is 1. The molecule has 0 aliphatic carbocycles. The Hall–Kier alpha value is -2.24. The molecular formula is C19H30N4O2. The average molecular weight is 346 g/mol. The van der Waals surface area contributed by atoms with Gasteiger partial charge in [-0.15, -0.1) is 0 Å². The third-order valence-corrected chi connectivity index (χ3v) is 4.77. The lowest BCUT2D eigenvalue weighted by Crippen LogP contribution is -2.55. The Morgan fingerprint density at radius 2 is 1.84 bits per heavy atom. The van der Waals surface area contributed by atoms with Crippen LogP contribution in [0.25, 0.3) is 0 Å². The minimum atomic E-state index is -0.518. The van der Waals surface area contributed by atoms with Crippen molar-refractivity contribution >= 4 is 17.6 Å². The fraction of sp³-hybridized carbons (Fsp3) is 0.579. The van der Waals surface area contributed by atoms with E-state index in [-0.39, 0.29) is 11.9 Å². The number of nitrogens with zero attached hydrogens (tertiary/aromatic N) is 2. The van der Waals surface area contributed by atoms with Crippen molar-refractivity contribution < 1.29 is 9.59 Å². The lowest BCUT2D eigenvalue weighted by atomic mass is 10.1. The average Bonchev–Trinajstić information content (AvgIpc) is 2.62. The van der Waals surface area contributed by atoms with Crippen LogP contribution in [0.2, 0.25) is 0 Å². The molecule has 2 rings (SSSR count). The van der Waals surface area contributed by atoms with Crippen LogP contribution < -0.4 is 15.5 Å². The lowest BCUT2D eigenvalue weighted by molar-refractivity contribution is -0.122. The Balaban J connectivity index is 1.86.